The molecule has 0 aliphatic carbocycles. The van der Waals surface area contributed by atoms with Crippen LogP contribution in [0, 0.1) is 6.92 Å². The standard InChI is InChI=1S/C25H27N3O3/c1-16-3-10-22-18(13-16)14-23(26-22)25(30)27-12-11-19-6-7-20(15-27)28(19)24(29)17-4-8-21(31-2)9-5-17/h3-5,8-10,13-14,19-20,26H,6-7,11-12,15H2,1-2H3. The Hall–Kier alpha value is -3.28. The zero-order valence-corrected chi connectivity index (χ0v) is 17.9. The van der Waals surface area contributed by atoms with E-state index in [1.54, 1.807) is 7.11 Å². The lowest BCUT2D eigenvalue weighted by Gasteiger charge is -2.29. The molecular weight excluding hydrogens is 390 g/mol. The third-order valence-corrected chi connectivity index (χ3v) is 6.65. The fourth-order valence-corrected chi connectivity index (χ4v) is 5.01. The SMILES string of the molecule is COc1ccc(C(=O)N2C3CCC2CN(C(=O)c2cc4cc(C)ccc4[nH]2)CC3)cc1. The monoisotopic (exact) mass is 417 g/mol. The van der Waals surface area contributed by atoms with Crippen molar-refractivity contribution in [1.82, 2.24) is 14.8 Å². The van der Waals surface area contributed by atoms with E-state index in [0.29, 0.717) is 24.3 Å². The van der Waals surface area contributed by atoms with Gasteiger partial charge < -0.3 is 19.5 Å². The van der Waals surface area contributed by atoms with E-state index >= 15 is 0 Å². The molecule has 1 aromatic heterocycles. The first kappa shape index (κ1) is 19.7. The molecule has 160 valence electrons. The highest BCUT2D eigenvalue weighted by Crippen LogP contribution is 2.32. The average molecular weight is 418 g/mol. The highest BCUT2D eigenvalue weighted by molar-refractivity contribution is 5.98. The van der Waals surface area contributed by atoms with Gasteiger partial charge in [-0.05, 0) is 68.7 Å². The molecule has 0 radical (unpaired) electrons. The van der Waals surface area contributed by atoms with Crippen molar-refractivity contribution in [2.24, 2.45) is 0 Å². The molecule has 5 rings (SSSR count). The first-order valence-electron chi connectivity index (χ1n) is 10.9. The summed E-state index contributed by atoms with van der Waals surface area (Å²) in [7, 11) is 1.62. The minimum absolute atomic E-state index is 0.0123. The van der Waals surface area contributed by atoms with Gasteiger partial charge in [-0.15, -0.1) is 0 Å². The van der Waals surface area contributed by atoms with Gasteiger partial charge in [-0.25, -0.2) is 0 Å². The quantitative estimate of drug-likeness (QED) is 0.700. The van der Waals surface area contributed by atoms with Gasteiger partial charge in [0.05, 0.1) is 7.11 Å². The minimum atomic E-state index is 0.0123. The van der Waals surface area contributed by atoms with Gasteiger partial charge in [-0.3, -0.25) is 9.59 Å². The van der Waals surface area contributed by atoms with Gasteiger partial charge in [0.15, 0.2) is 0 Å². The van der Waals surface area contributed by atoms with Crippen molar-refractivity contribution >= 4 is 22.7 Å². The van der Waals surface area contributed by atoms with Crippen LogP contribution in [0.4, 0.5) is 0 Å². The molecule has 2 bridgehead atoms. The van der Waals surface area contributed by atoms with Gasteiger partial charge in [-0.2, -0.15) is 0 Å². The third-order valence-electron chi connectivity index (χ3n) is 6.65. The number of aromatic nitrogens is 1. The molecule has 0 spiro atoms. The number of aryl methyl sites for hydroxylation is 1. The lowest BCUT2D eigenvalue weighted by atomic mass is 10.1. The number of nitrogens with zero attached hydrogens (tertiary/aromatic N) is 2. The number of H-pyrrole nitrogens is 1. The number of benzene rings is 2. The number of amides is 2. The normalized spacial score (nSPS) is 20.7. The second-order valence-electron chi connectivity index (χ2n) is 8.64. The first-order chi connectivity index (χ1) is 15.0. The maximum Gasteiger partial charge on any atom is 0.270 e. The number of rotatable bonds is 3. The highest BCUT2D eigenvalue weighted by Gasteiger charge is 2.41. The Morgan fingerprint density at radius 2 is 1.74 bits per heavy atom. The topological polar surface area (TPSA) is 65.6 Å². The number of aromatic amines is 1. The van der Waals surface area contributed by atoms with Crippen molar-refractivity contribution in [1.29, 1.82) is 0 Å². The lowest BCUT2D eigenvalue weighted by Crippen LogP contribution is -2.44. The van der Waals surface area contributed by atoms with Crippen molar-refractivity contribution in [3.63, 3.8) is 0 Å². The summed E-state index contributed by atoms with van der Waals surface area (Å²) in [6.07, 6.45) is 2.74. The van der Waals surface area contributed by atoms with Crippen molar-refractivity contribution in [2.45, 2.75) is 38.3 Å². The molecule has 3 aromatic rings. The fraction of sp³-hybridized carbons (Fsp3) is 0.360. The van der Waals surface area contributed by atoms with Crippen LogP contribution in [0.5, 0.6) is 5.75 Å². The molecule has 2 atom stereocenters. The number of carbonyl (C=O) groups is 2. The number of fused-ring (bicyclic) bond motifs is 3. The number of carbonyl (C=O) groups excluding carboxylic acids is 2. The largest absolute Gasteiger partial charge is 0.497 e. The predicted octanol–water partition coefficient (Wildman–Crippen LogP) is 4.00. The van der Waals surface area contributed by atoms with Crippen LogP contribution in [0.1, 0.15) is 45.7 Å². The second-order valence-corrected chi connectivity index (χ2v) is 8.64. The summed E-state index contributed by atoms with van der Waals surface area (Å²) < 4.78 is 5.21. The van der Waals surface area contributed by atoms with Gasteiger partial charge in [0.25, 0.3) is 11.8 Å². The lowest BCUT2D eigenvalue weighted by molar-refractivity contribution is 0.0639. The van der Waals surface area contributed by atoms with Gasteiger partial charge in [0, 0.05) is 41.6 Å². The average Bonchev–Trinajstić information content (AvgIpc) is 3.32. The molecule has 31 heavy (non-hydrogen) atoms. The van der Waals surface area contributed by atoms with Crippen LogP contribution in [0.15, 0.2) is 48.5 Å². The van der Waals surface area contributed by atoms with Crippen LogP contribution >= 0.6 is 0 Å². The van der Waals surface area contributed by atoms with Crippen LogP contribution in [0.2, 0.25) is 0 Å². The summed E-state index contributed by atoms with van der Waals surface area (Å²) in [5.41, 5.74) is 3.43. The summed E-state index contributed by atoms with van der Waals surface area (Å²) in [5.74, 6) is 0.796. The molecule has 2 amide bonds. The maximum atomic E-state index is 13.3. The van der Waals surface area contributed by atoms with E-state index in [0.717, 1.165) is 35.9 Å². The third kappa shape index (κ3) is 3.56. The summed E-state index contributed by atoms with van der Waals surface area (Å²) in [6.45, 7) is 3.29. The molecule has 1 N–H and O–H groups in total. The van der Waals surface area contributed by atoms with Crippen molar-refractivity contribution in [2.75, 3.05) is 20.2 Å². The Labute approximate surface area is 181 Å². The number of ether oxygens (including phenoxy) is 1. The molecule has 6 heteroatoms. The van der Waals surface area contributed by atoms with Crippen LogP contribution in [-0.2, 0) is 0 Å². The second kappa shape index (κ2) is 7.76. The van der Waals surface area contributed by atoms with Gasteiger partial charge >= 0.3 is 0 Å². The van der Waals surface area contributed by atoms with Gasteiger partial charge in [0.2, 0.25) is 0 Å². The van der Waals surface area contributed by atoms with E-state index in [1.807, 2.05) is 59.2 Å². The van der Waals surface area contributed by atoms with E-state index in [1.165, 1.54) is 5.56 Å². The van der Waals surface area contributed by atoms with E-state index in [-0.39, 0.29) is 23.9 Å². The van der Waals surface area contributed by atoms with Crippen LogP contribution in [0.25, 0.3) is 10.9 Å². The first-order valence-corrected chi connectivity index (χ1v) is 10.9. The van der Waals surface area contributed by atoms with E-state index in [9.17, 15) is 9.59 Å². The van der Waals surface area contributed by atoms with Gasteiger partial charge in [0.1, 0.15) is 11.4 Å². The molecular formula is C25H27N3O3. The Bertz CT molecular complexity index is 1130. The van der Waals surface area contributed by atoms with Crippen molar-refractivity contribution in [3.8, 4) is 5.75 Å². The highest BCUT2D eigenvalue weighted by atomic mass is 16.5. The van der Waals surface area contributed by atoms with Crippen LogP contribution < -0.4 is 4.74 Å². The number of hydrogen-bond acceptors (Lipinski definition) is 3. The molecule has 6 nitrogen and oxygen atoms in total. The van der Waals surface area contributed by atoms with E-state index < -0.39 is 0 Å². The summed E-state index contributed by atoms with van der Waals surface area (Å²) in [6, 6.07) is 15.6. The van der Waals surface area contributed by atoms with E-state index in [4.69, 9.17) is 4.74 Å². The fourth-order valence-electron chi connectivity index (χ4n) is 5.01. The summed E-state index contributed by atoms with van der Waals surface area (Å²) in [5, 5.41) is 1.05. The number of methoxy groups -OCH3 is 1. The molecule has 2 aromatic carbocycles. The minimum Gasteiger partial charge on any atom is -0.497 e. The molecule has 3 heterocycles. The number of nitrogens with one attached hydrogen (secondary N) is 1. The zero-order chi connectivity index (χ0) is 21.5. The Balaban J connectivity index is 1.36. The Morgan fingerprint density at radius 1 is 0.968 bits per heavy atom. The Kier molecular flexibility index (Phi) is 4.93. The summed E-state index contributed by atoms with van der Waals surface area (Å²) in [4.78, 5) is 33.8. The molecule has 2 unspecified atom stereocenters. The summed E-state index contributed by atoms with van der Waals surface area (Å²) >= 11 is 0. The molecule has 2 aliphatic rings. The van der Waals surface area contributed by atoms with Crippen LogP contribution in [0.3, 0.4) is 0 Å². The molecule has 0 saturated carbocycles. The zero-order valence-electron chi connectivity index (χ0n) is 17.9. The maximum absolute atomic E-state index is 13.3. The smallest absolute Gasteiger partial charge is 0.270 e. The van der Waals surface area contributed by atoms with Crippen molar-refractivity contribution in [3.05, 3.63) is 65.4 Å². The van der Waals surface area contributed by atoms with Crippen LogP contribution in [-0.4, -0.2) is 58.9 Å². The molecule has 2 aliphatic heterocycles. The van der Waals surface area contributed by atoms with E-state index in [2.05, 4.69) is 11.1 Å². The van der Waals surface area contributed by atoms with Gasteiger partial charge in [-0.1, -0.05) is 11.6 Å². The number of hydrogen-bond donors (Lipinski definition) is 1. The predicted molar refractivity (Wildman–Crippen MR) is 120 cm³/mol. The molecule has 2 fully saturated rings. The molecule has 2 saturated heterocycles. The number of likely N-dealkylation sites (tertiary alicyclic amines) is 1. The Morgan fingerprint density at radius 3 is 2.52 bits per heavy atom. The van der Waals surface area contributed by atoms with Crippen molar-refractivity contribution < 1.29 is 14.3 Å².